The Hall–Kier alpha value is -0.120. The first-order chi connectivity index (χ1) is 14.2. The van der Waals surface area contributed by atoms with Crippen molar-refractivity contribution in [3.05, 3.63) is 0 Å². The van der Waals surface area contributed by atoms with Crippen molar-refractivity contribution < 1.29 is 9.84 Å². The van der Waals surface area contributed by atoms with Gasteiger partial charge in [0.1, 0.15) is 0 Å². The molecule has 0 rings (SSSR count). The SMILES string of the molecule is CCCCCCCCCCCCCC(CCCCCCC)CCOCC(N)CO. The average molecular weight is 414 g/mol. The Balaban J connectivity index is 3.74. The van der Waals surface area contributed by atoms with E-state index in [2.05, 4.69) is 13.8 Å². The summed E-state index contributed by atoms with van der Waals surface area (Å²) in [6, 6.07) is -0.228. The van der Waals surface area contributed by atoms with Gasteiger partial charge in [0.05, 0.1) is 19.3 Å². The number of hydrogen-bond donors (Lipinski definition) is 2. The zero-order valence-electron chi connectivity index (χ0n) is 20.1. The Morgan fingerprint density at radius 2 is 1.03 bits per heavy atom. The summed E-state index contributed by atoms with van der Waals surface area (Å²) in [5, 5.41) is 8.99. The van der Waals surface area contributed by atoms with E-state index in [4.69, 9.17) is 15.6 Å². The molecule has 0 aromatic heterocycles. The van der Waals surface area contributed by atoms with E-state index < -0.39 is 0 Å². The number of ether oxygens (including phenoxy) is 1. The summed E-state index contributed by atoms with van der Waals surface area (Å²) in [6.45, 7) is 5.86. The Morgan fingerprint density at radius 1 is 0.621 bits per heavy atom. The zero-order valence-corrected chi connectivity index (χ0v) is 20.1. The lowest BCUT2D eigenvalue weighted by Gasteiger charge is -2.18. The Bertz CT molecular complexity index is 298. The second kappa shape index (κ2) is 24.2. The summed E-state index contributed by atoms with van der Waals surface area (Å²) in [4.78, 5) is 0. The van der Waals surface area contributed by atoms with Crippen molar-refractivity contribution in [2.45, 2.75) is 142 Å². The molecule has 29 heavy (non-hydrogen) atoms. The van der Waals surface area contributed by atoms with E-state index in [0.717, 1.165) is 18.9 Å². The molecule has 0 radical (unpaired) electrons. The predicted octanol–water partition coefficient (Wildman–Crippen LogP) is 7.39. The van der Waals surface area contributed by atoms with Gasteiger partial charge in [-0.15, -0.1) is 0 Å². The Kier molecular flexibility index (Phi) is 24.1. The highest BCUT2D eigenvalue weighted by Crippen LogP contribution is 2.22. The van der Waals surface area contributed by atoms with Crippen LogP contribution >= 0.6 is 0 Å². The lowest BCUT2D eigenvalue weighted by molar-refractivity contribution is 0.0887. The molecule has 0 aliphatic carbocycles. The van der Waals surface area contributed by atoms with Gasteiger partial charge >= 0.3 is 0 Å². The van der Waals surface area contributed by atoms with Gasteiger partial charge in [-0.2, -0.15) is 0 Å². The maximum Gasteiger partial charge on any atom is 0.0639 e. The molecule has 2 atom stereocenters. The van der Waals surface area contributed by atoms with Crippen LogP contribution in [0, 0.1) is 5.92 Å². The van der Waals surface area contributed by atoms with Crippen molar-refractivity contribution in [3.63, 3.8) is 0 Å². The summed E-state index contributed by atoms with van der Waals surface area (Å²) >= 11 is 0. The molecule has 0 saturated heterocycles. The summed E-state index contributed by atoms with van der Waals surface area (Å²) in [7, 11) is 0. The fraction of sp³-hybridized carbons (Fsp3) is 1.00. The van der Waals surface area contributed by atoms with Crippen molar-refractivity contribution in [2.75, 3.05) is 19.8 Å². The van der Waals surface area contributed by atoms with Crippen LogP contribution in [0.4, 0.5) is 0 Å². The lowest BCUT2D eigenvalue weighted by atomic mass is 9.91. The van der Waals surface area contributed by atoms with Crippen LogP contribution < -0.4 is 5.73 Å². The molecule has 0 fully saturated rings. The topological polar surface area (TPSA) is 55.5 Å². The van der Waals surface area contributed by atoms with E-state index in [9.17, 15) is 0 Å². The number of rotatable bonds is 24. The highest BCUT2D eigenvalue weighted by atomic mass is 16.5. The first-order valence-electron chi connectivity index (χ1n) is 13.2. The van der Waals surface area contributed by atoms with Crippen molar-refractivity contribution >= 4 is 0 Å². The molecule has 176 valence electrons. The maximum absolute atomic E-state index is 8.99. The van der Waals surface area contributed by atoms with Gasteiger partial charge in [0, 0.05) is 6.61 Å². The van der Waals surface area contributed by atoms with Gasteiger partial charge in [0.25, 0.3) is 0 Å². The third-order valence-corrected chi connectivity index (χ3v) is 6.17. The fourth-order valence-corrected chi connectivity index (χ4v) is 4.10. The zero-order chi connectivity index (χ0) is 21.4. The van der Waals surface area contributed by atoms with E-state index in [-0.39, 0.29) is 12.6 Å². The quantitative estimate of drug-likeness (QED) is 0.162. The average Bonchev–Trinajstić information content (AvgIpc) is 2.73. The van der Waals surface area contributed by atoms with E-state index in [1.807, 2.05) is 0 Å². The minimum Gasteiger partial charge on any atom is -0.395 e. The van der Waals surface area contributed by atoms with E-state index >= 15 is 0 Å². The number of hydrogen-bond acceptors (Lipinski definition) is 3. The molecule has 0 aromatic rings. The van der Waals surface area contributed by atoms with Gasteiger partial charge in [-0.3, -0.25) is 0 Å². The summed E-state index contributed by atoms with van der Waals surface area (Å²) < 4.78 is 5.68. The molecule has 0 spiro atoms. The predicted molar refractivity (Wildman–Crippen MR) is 128 cm³/mol. The van der Waals surface area contributed by atoms with Crippen molar-refractivity contribution in [1.82, 2.24) is 0 Å². The lowest BCUT2D eigenvalue weighted by Crippen LogP contribution is -2.30. The summed E-state index contributed by atoms with van der Waals surface area (Å²) in [6.07, 6.45) is 26.3. The molecular weight excluding hydrogens is 358 g/mol. The molecule has 0 heterocycles. The molecule has 3 nitrogen and oxygen atoms in total. The molecular formula is C26H55NO2. The highest BCUT2D eigenvalue weighted by Gasteiger charge is 2.09. The van der Waals surface area contributed by atoms with Crippen LogP contribution in [-0.4, -0.2) is 31.0 Å². The minimum absolute atomic E-state index is 0.0135. The second-order valence-electron chi connectivity index (χ2n) is 9.20. The van der Waals surface area contributed by atoms with Crippen molar-refractivity contribution in [3.8, 4) is 0 Å². The van der Waals surface area contributed by atoms with Crippen LogP contribution in [-0.2, 0) is 4.74 Å². The molecule has 0 aliphatic rings. The van der Waals surface area contributed by atoms with Gasteiger partial charge in [0.15, 0.2) is 0 Å². The van der Waals surface area contributed by atoms with Crippen LogP contribution in [0.3, 0.4) is 0 Å². The molecule has 0 bridgehead atoms. The molecule has 0 amide bonds. The van der Waals surface area contributed by atoms with Crippen molar-refractivity contribution in [2.24, 2.45) is 11.7 Å². The molecule has 0 aliphatic heterocycles. The third-order valence-electron chi connectivity index (χ3n) is 6.17. The first-order valence-corrected chi connectivity index (χ1v) is 13.2. The standard InChI is InChI=1S/C26H55NO2/c1-3-5-7-9-10-11-12-13-14-16-18-20-25(19-17-15-8-6-4-2)21-22-29-24-26(27)23-28/h25-26,28H,3-24,27H2,1-2H3. The monoisotopic (exact) mass is 413 g/mol. The minimum atomic E-state index is -0.228. The van der Waals surface area contributed by atoms with Crippen LogP contribution in [0.25, 0.3) is 0 Å². The fourth-order valence-electron chi connectivity index (χ4n) is 4.10. The van der Waals surface area contributed by atoms with Crippen molar-refractivity contribution in [1.29, 1.82) is 0 Å². The first kappa shape index (κ1) is 28.9. The number of unbranched alkanes of at least 4 members (excludes halogenated alkanes) is 14. The Labute approximate surface area is 183 Å². The molecule has 0 saturated carbocycles. The van der Waals surface area contributed by atoms with Crippen LogP contribution in [0.2, 0.25) is 0 Å². The summed E-state index contributed by atoms with van der Waals surface area (Å²) in [5.41, 5.74) is 5.72. The maximum atomic E-state index is 8.99. The van der Waals surface area contributed by atoms with E-state index in [0.29, 0.717) is 6.61 Å². The second-order valence-corrected chi connectivity index (χ2v) is 9.20. The van der Waals surface area contributed by atoms with Gasteiger partial charge < -0.3 is 15.6 Å². The number of aliphatic hydroxyl groups excluding tert-OH is 1. The van der Waals surface area contributed by atoms with E-state index in [1.165, 1.54) is 116 Å². The summed E-state index contributed by atoms with van der Waals surface area (Å²) in [5.74, 6) is 0.806. The van der Waals surface area contributed by atoms with Crippen LogP contribution in [0.5, 0.6) is 0 Å². The molecule has 3 N–H and O–H groups in total. The van der Waals surface area contributed by atoms with Gasteiger partial charge in [-0.1, -0.05) is 129 Å². The third kappa shape index (κ3) is 22.4. The smallest absolute Gasteiger partial charge is 0.0639 e. The Morgan fingerprint density at radius 3 is 1.45 bits per heavy atom. The largest absolute Gasteiger partial charge is 0.395 e. The number of aliphatic hydroxyl groups is 1. The highest BCUT2D eigenvalue weighted by molar-refractivity contribution is 4.62. The molecule has 2 unspecified atom stereocenters. The molecule has 3 heteroatoms. The van der Waals surface area contributed by atoms with Gasteiger partial charge in [-0.05, 0) is 12.3 Å². The van der Waals surface area contributed by atoms with Gasteiger partial charge in [0.2, 0.25) is 0 Å². The normalized spacial score (nSPS) is 13.7. The van der Waals surface area contributed by atoms with Gasteiger partial charge in [-0.25, -0.2) is 0 Å². The van der Waals surface area contributed by atoms with E-state index in [1.54, 1.807) is 0 Å². The van der Waals surface area contributed by atoms with Crippen LogP contribution in [0.15, 0.2) is 0 Å². The van der Waals surface area contributed by atoms with Crippen LogP contribution in [0.1, 0.15) is 136 Å². The molecule has 0 aromatic carbocycles. The number of nitrogens with two attached hydrogens (primary N) is 1.